The standard InChI is InChI=1S/C24H23N7/c1-16-9-19(7-8-26-16)22-6-3-17(12-27-22)11-24(25)21-5-4-18(10-23(21)28-15-29-24)20-13-30-31(2)14-20/h3-10,12-15H,11,25H2,1-2H3,(H,28,29). The number of benzene rings is 1. The van der Waals surface area contributed by atoms with Crippen LogP contribution in [0.15, 0.2) is 72.2 Å². The minimum absolute atomic E-state index is 0.549. The van der Waals surface area contributed by atoms with Crippen LogP contribution in [0, 0.1) is 6.92 Å². The first-order valence-electron chi connectivity index (χ1n) is 10.1. The van der Waals surface area contributed by atoms with E-state index in [0.717, 1.165) is 44.9 Å². The number of nitrogens with zero attached hydrogens (tertiary/aromatic N) is 5. The number of aliphatic imine (C=N–C) groups is 1. The second-order valence-electron chi connectivity index (χ2n) is 7.90. The lowest BCUT2D eigenvalue weighted by Gasteiger charge is -2.31. The molecule has 0 aliphatic carbocycles. The van der Waals surface area contributed by atoms with Gasteiger partial charge in [0.2, 0.25) is 0 Å². The van der Waals surface area contributed by atoms with Crippen LogP contribution in [0.25, 0.3) is 22.4 Å². The third-order valence-corrected chi connectivity index (χ3v) is 5.53. The Morgan fingerprint density at radius 2 is 1.90 bits per heavy atom. The summed E-state index contributed by atoms with van der Waals surface area (Å²) in [7, 11) is 1.91. The fourth-order valence-corrected chi connectivity index (χ4v) is 3.93. The largest absolute Gasteiger partial charge is 0.346 e. The van der Waals surface area contributed by atoms with Gasteiger partial charge in [-0.05, 0) is 42.3 Å². The van der Waals surface area contributed by atoms with Crippen molar-refractivity contribution in [2.75, 3.05) is 5.32 Å². The third kappa shape index (κ3) is 3.71. The second kappa shape index (κ2) is 7.45. The number of nitrogens with two attached hydrogens (primary N) is 1. The molecule has 0 saturated heterocycles. The van der Waals surface area contributed by atoms with Crippen LogP contribution in [-0.2, 0) is 19.1 Å². The zero-order valence-corrected chi connectivity index (χ0v) is 17.4. The van der Waals surface area contributed by atoms with Gasteiger partial charge in [-0.2, -0.15) is 5.10 Å². The molecule has 5 rings (SSSR count). The molecule has 4 heterocycles. The van der Waals surface area contributed by atoms with Crippen molar-refractivity contribution in [3.63, 3.8) is 0 Å². The first kappa shape index (κ1) is 19.1. The van der Waals surface area contributed by atoms with Crippen LogP contribution in [0.3, 0.4) is 0 Å². The fraction of sp³-hybridized carbons (Fsp3) is 0.167. The van der Waals surface area contributed by atoms with E-state index in [1.165, 1.54) is 0 Å². The van der Waals surface area contributed by atoms with Gasteiger partial charge in [-0.15, -0.1) is 0 Å². The number of hydrogen-bond acceptors (Lipinski definition) is 6. The van der Waals surface area contributed by atoms with Crippen LogP contribution >= 0.6 is 0 Å². The van der Waals surface area contributed by atoms with Crippen molar-refractivity contribution in [2.24, 2.45) is 17.8 Å². The summed E-state index contributed by atoms with van der Waals surface area (Å²) >= 11 is 0. The molecule has 0 bridgehead atoms. The normalized spacial score (nSPS) is 17.3. The molecule has 1 unspecified atom stereocenters. The number of nitrogens with one attached hydrogen (secondary N) is 1. The van der Waals surface area contributed by atoms with Crippen LogP contribution in [0.1, 0.15) is 16.8 Å². The molecule has 154 valence electrons. The first-order valence-corrected chi connectivity index (χ1v) is 10.1. The van der Waals surface area contributed by atoms with Crippen molar-refractivity contribution < 1.29 is 0 Å². The summed E-state index contributed by atoms with van der Waals surface area (Å²) in [4.78, 5) is 13.5. The van der Waals surface area contributed by atoms with Gasteiger partial charge in [-0.1, -0.05) is 18.2 Å². The van der Waals surface area contributed by atoms with Gasteiger partial charge in [0.15, 0.2) is 0 Å². The van der Waals surface area contributed by atoms with Crippen molar-refractivity contribution in [2.45, 2.75) is 19.0 Å². The molecule has 31 heavy (non-hydrogen) atoms. The Morgan fingerprint density at radius 1 is 1.00 bits per heavy atom. The molecule has 1 atom stereocenters. The number of fused-ring (bicyclic) bond motifs is 1. The molecule has 7 heteroatoms. The molecule has 3 aromatic heterocycles. The van der Waals surface area contributed by atoms with E-state index >= 15 is 0 Å². The van der Waals surface area contributed by atoms with Crippen LogP contribution < -0.4 is 11.1 Å². The van der Waals surface area contributed by atoms with E-state index < -0.39 is 5.66 Å². The summed E-state index contributed by atoms with van der Waals surface area (Å²) in [5, 5.41) is 7.49. The molecular weight excluding hydrogens is 386 g/mol. The molecule has 4 aromatic rings. The highest BCUT2D eigenvalue weighted by molar-refractivity contribution is 5.84. The summed E-state index contributed by atoms with van der Waals surface area (Å²) in [6.07, 6.45) is 9.75. The molecular formula is C24H23N7. The SMILES string of the molecule is Cc1cc(-c2ccc(CC3(N)N=CNc4cc(-c5cnn(C)c5)ccc43)cn2)ccn1. The number of rotatable bonds is 4. The summed E-state index contributed by atoms with van der Waals surface area (Å²) in [5.41, 5.74) is 13.9. The molecule has 0 fully saturated rings. The van der Waals surface area contributed by atoms with Gasteiger partial charge in [-0.25, -0.2) is 4.99 Å². The van der Waals surface area contributed by atoms with Gasteiger partial charge in [0.05, 0.1) is 18.2 Å². The van der Waals surface area contributed by atoms with E-state index in [1.807, 2.05) is 56.8 Å². The summed E-state index contributed by atoms with van der Waals surface area (Å²) in [5.74, 6) is 0. The maximum atomic E-state index is 6.77. The first-order chi connectivity index (χ1) is 15.0. The number of anilines is 1. The van der Waals surface area contributed by atoms with Crippen molar-refractivity contribution >= 4 is 12.0 Å². The molecule has 0 radical (unpaired) electrons. The molecule has 0 saturated carbocycles. The minimum Gasteiger partial charge on any atom is -0.346 e. The Labute approximate surface area is 180 Å². The molecule has 0 amide bonds. The van der Waals surface area contributed by atoms with Crippen molar-refractivity contribution in [1.29, 1.82) is 0 Å². The van der Waals surface area contributed by atoms with Gasteiger partial charge in [0.1, 0.15) is 5.66 Å². The average Bonchev–Trinajstić information content (AvgIpc) is 3.20. The lowest BCUT2D eigenvalue weighted by atomic mass is 9.90. The van der Waals surface area contributed by atoms with Gasteiger partial charge < -0.3 is 11.1 Å². The molecule has 1 aliphatic rings. The Hall–Kier alpha value is -3.84. The van der Waals surface area contributed by atoms with E-state index in [2.05, 4.69) is 43.6 Å². The van der Waals surface area contributed by atoms with Crippen LogP contribution in [0.4, 0.5) is 5.69 Å². The summed E-state index contributed by atoms with van der Waals surface area (Å²) in [6.45, 7) is 1.97. The highest BCUT2D eigenvalue weighted by Crippen LogP contribution is 2.36. The Balaban J connectivity index is 1.42. The average molecular weight is 409 g/mol. The van der Waals surface area contributed by atoms with Crippen LogP contribution in [-0.4, -0.2) is 26.1 Å². The predicted molar refractivity (Wildman–Crippen MR) is 123 cm³/mol. The molecule has 1 aromatic carbocycles. The molecule has 7 nitrogen and oxygen atoms in total. The molecule has 0 spiro atoms. The number of aryl methyl sites for hydroxylation is 2. The maximum Gasteiger partial charge on any atom is 0.141 e. The highest BCUT2D eigenvalue weighted by atomic mass is 15.2. The molecule has 3 N–H and O–H groups in total. The smallest absolute Gasteiger partial charge is 0.141 e. The number of pyridine rings is 2. The van der Waals surface area contributed by atoms with Crippen molar-refractivity contribution in [3.8, 4) is 22.4 Å². The lowest BCUT2D eigenvalue weighted by molar-refractivity contribution is 0.465. The van der Waals surface area contributed by atoms with Gasteiger partial charge in [-0.3, -0.25) is 14.6 Å². The molecule has 1 aliphatic heterocycles. The fourth-order valence-electron chi connectivity index (χ4n) is 3.93. The quantitative estimate of drug-likeness (QED) is 0.536. The highest BCUT2D eigenvalue weighted by Gasteiger charge is 2.32. The monoisotopic (exact) mass is 409 g/mol. The van der Waals surface area contributed by atoms with Crippen LogP contribution in [0.5, 0.6) is 0 Å². The topological polar surface area (TPSA) is 94.0 Å². The van der Waals surface area contributed by atoms with E-state index in [0.29, 0.717) is 6.42 Å². The zero-order chi connectivity index (χ0) is 21.4. The zero-order valence-electron chi connectivity index (χ0n) is 17.4. The lowest BCUT2D eigenvalue weighted by Crippen LogP contribution is -2.40. The summed E-state index contributed by atoms with van der Waals surface area (Å²) in [6, 6.07) is 14.3. The second-order valence-corrected chi connectivity index (χ2v) is 7.90. The predicted octanol–water partition coefficient (Wildman–Crippen LogP) is 3.66. The third-order valence-electron chi connectivity index (χ3n) is 5.53. The minimum atomic E-state index is -0.857. The van der Waals surface area contributed by atoms with E-state index in [4.69, 9.17) is 5.73 Å². The Bertz CT molecular complexity index is 1270. The van der Waals surface area contributed by atoms with E-state index in [1.54, 1.807) is 17.2 Å². The van der Waals surface area contributed by atoms with Gasteiger partial charge >= 0.3 is 0 Å². The van der Waals surface area contributed by atoms with Gasteiger partial charge in [0.25, 0.3) is 0 Å². The van der Waals surface area contributed by atoms with Crippen molar-refractivity contribution in [3.05, 3.63) is 84.1 Å². The van der Waals surface area contributed by atoms with E-state index in [9.17, 15) is 0 Å². The Kier molecular flexibility index (Phi) is 4.60. The maximum absolute atomic E-state index is 6.77. The van der Waals surface area contributed by atoms with Crippen LogP contribution in [0.2, 0.25) is 0 Å². The number of aromatic nitrogens is 4. The number of hydrogen-bond donors (Lipinski definition) is 2. The van der Waals surface area contributed by atoms with Crippen molar-refractivity contribution in [1.82, 2.24) is 19.7 Å². The Morgan fingerprint density at radius 3 is 2.65 bits per heavy atom. The summed E-state index contributed by atoms with van der Waals surface area (Å²) < 4.78 is 1.79. The van der Waals surface area contributed by atoms with E-state index in [-0.39, 0.29) is 0 Å². The van der Waals surface area contributed by atoms with Gasteiger partial charge in [0, 0.05) is 60.1 Å².